The van der Waals surface area contributed by atoms with Crippen molar-refractivity contribution in [2.75, 3.05) is 33.0 Å². The van der Waals surface area contributed by atoms with Crippen molar-refractivity contribution in [1.82, 2.24) is 14.6 Å². The summed E-state index contributed by atoms with van der Waals surface area (Å²) >= 11 is 0. The Hall–Kier alpha value is -3.27. The second-order valence-corrected chi connectivity index (χ2v) is 12.0. The number of ether oxygens (including phenoxy) is 2. The van der Waals surface area contributed by atoms with Crippen LogP contribution in [0.3, 0.4) is 0 Å². The number of benzene rings is 2. The monoisotopic (exact) mass is 533 g/mol. The van der Waals surface area contributed by atoms with Crippen molar-refractivity contribution in [2.45, 2.75) is 42.4 Å². The number of ketones is 1. The number of carbonyl (C=O) groups excluding carboxylic acids is 1. The van der Waals surface area contributed by atoms with Gasteiger partial charge in [-0.3, -0.25) is 9.78 Å². The predicted octanol–water partition coefficient (Wildman–Crippen LogP) is 3.69. The molecule has 0 atom stereocenters. The Labute approximate surface area is 223 Å². The lowest BCUT2D eigenvalue weighted by atomic mass is 9.88. The molecule has 0 spiro atoms. The number of nitrogens with one attached hydrogen (secondary N) is 1. The number of Topliss-reactive ketones (excluding diaryl/α,β-unsaturated/α-hetero) is 1. The molecule has 3 aliphatic rings. The van der Waals surface area contributed by atoms with Gasteiger partial charge < -0.3 is 14.4 Å². The molecule has 2 aromatic carbocycles. The third-order valence-corrected chi connectivity index (χ3v) is 9.21. The summed E-state index contributed by atoms with van der Waals surface area (Å²) in [6, 6.07) is 18.1. The smallest absolute Gasteiger partial charge is 0.240 e. The van der Waals surface area contributed by atoms with Crippen LogP contribution in [0.5, 0.6) is 11.5 Å². The lowest BCUT2D eigenvalue weighted by molar-refractivity contribution is -0.120. The van der Waals surface area contributed by atoms with Crippen molar-refractivity contribution in [1.29, 1.82) is 0 Å². The highest BCUT2D eigenvalue weighted by Gasteiger charge is 2.51. The normalized spacial score (nSPS) is 18.0. The summed E-state index contributed by atoms with van der Waals surface area (Å²) < 4.78 is 39.0. The van der Waals surface area contributed by atoms with Gasteiger partial charge in [0, 0.05) is 30.8 Å². The van der Waals surface area contributed by atoms with Crippen LogP contribution < -0.4 is 14.2 Å². The summed E-state index contributed by atoms with van der Waals surface area (Å²) in [5.74, 6) is 1.54. The van der Waals surface area contributed by atoms with E-state index in [9.17, 15) is 13.2 Å². The first kappa shape index (κ1) is 25.0. The molecule has 0 radical (unpaired) electrons. The molecular weight excluding hydrogens is 502 g/mol. The van der Waals surface area contributed by atoms with Gasteiger partial charge in [-0.1, -0.05) is 24.3 Å². The minimum Gasteiger partial charge on any atom is -0.454 e. The summed E-state index contributed by atoms with van der Waals surface area (Å²) in [6.07, 6.45) is 4.22. The predicted molar refractivity (Wildman–Crippen MR) is 143 cm³/mol. The van der Waals surface area contributed by atoms with Crippen LogP contribution in [0.2, 0.25) is 0 Å². The van der Waals surface area contributed by atoms with Gasteiger partial charge in [-0.2, -0.15) is 0 Å². The Bertz CT molecular complexity index is 1450. The molecule has 0 amide bonds. The first-order valence-electron chi connectivity index (χ1n) is 13.1. The number of hydrogen-bond donors (Lipinski definition) is 1. The molecule has 2 aliphatic heterocycles. The molecule has 9 heteroatoms. The largest absolute Gasteiger partial charge is 0.454 e. The molecule has 1 aromatic heterocycles. The van der Waals surface area contributed by atoms with Crippen molar-refractivity contribution < 1.29 is 22.7 Å². The quantitative estimate of drug-likeness (QED) is 0.424. The Morgan fingerprint density at radius 2 is 1.74 bits per heavy atom. The Balaban J connectivity index is 1.12. The Morgan fingerprint density at radius 1 is 0.974 bits per heavy atom. The first-order chi connectivity index (χ1) is 18.4. The fourth-order valence-corrected chi connectivity index (χ4v) is 6.37. The fourth-order valence-electron chi connectivity index (χ4n) is 5.35. The van der Waals surface area contributed by atoms with E-state index in [0.29, 0.717) is 29.4 Å². The minimum absolute atomic E-state index is 0.141. The molecule has 8 nitrogen and oxygen atoms in total. The second kappa shape index (κ2) is 10.1. The highest BCUT2D eigenvalue weighted by atomic mass is 32.2. The average molecular weight is 534 g/mol. The van der Waals surface area contributed by atoms with Gasteiger partial charge >= 0.3 is 0 Å². The number of likely N-dealkylation sites (tertiary alicyclic amines) is 1. The molecule has 0 bridgehead atoms. The van der Waals surface area contributed by atoms with E-state index >= 15 is 0 Å². The van der Waals surface area contributed by atoms with Gasteiger partial charge in [0.15, 0.2) is 11.5 Å². The highest BCUT2D eigenvalue weighted by molar-refractivity contribution is 7.89. The van der Waals surface area contributed by atoms with E-state index < -0.39 is 15.4 Å². The van der Waals surface area contributed by atoms with Crippen LogP contribution in [0.4, 0.5) is 0 Å². The first-order valence-corrected chi connectivity index (χ1v) is 14.6. The van der Waals surface area contributed by atoms with Crippen LogP contribution in [0, 0.1) is 0 Å². The van der Waals surface area contributed by atoms with Crippen LogP contribution in [-0.2, 0) is 26.7 Å². The molecule has 38 heavy (non-hydrogen) atoms. The van der Waals surface area contributed by atoms with Gasteiger partial charge in [0.25, 0.3) is 0 Å². The van der Waals surface area contributed by atoms with Crippen molar-refractivity contribution in [3.05, 3.63) is 71.9 Å². The van der Waals surface area contributed by atoms with E-state index in [0.717, 1.165) is 43.6 Å². The molecule has 198 valence electrons. The molecule has 2 fully saturated rings. The van der Waals surface area contributed by atoms with Gasteiger partial charge in [0.05, 0.1) is 16.0 Å². The third kappa shape index (κ3) is 5.06. The summed E-state index contributed by atoms with van der Waals surface area (Å²) in [6.45, 7) is 3.40. The van der Waals surface area contributed by atoms with E-state index in [1.54, 1.807) is 24.3 Å². The maximum absolute atomic E-state index is 13.4. The number of rotatable bonds is 10. The molecular formula is C29H31N3O5S. The number of carbonyl (C=O) groups is 1. The van der Waals surface area contributed by atoms with Crippen LogP contribution >= 0.6 is 0 Å². The molecule has 0 unspecified atom stereocenters. The van der Waals surface area contributed by atoms with E-state index in [1.807, 2.05) is 36.4 Å². The lowest BCUT2D eigenvalue weighted by Crippen LogP contribution is -2.33. The summed E-state index contributed by atoms with van der Waals surface area (Å²) in [5, 5.41) is 0. The van der Waals surface area contributed by atoms with Gasteiger partial charge in [0.2, 0.25) is 16.8 Å². The molecule has 1 saturated carbocycles. The highest BCUT2D eigenvalue weighted by Crippen LogP contribution is 2.51. The van der Waals surface area contributed by atoms with Gasteiger partial charge in [-0.15, -0.1) is 0 Å². The number of fused-ring (bicyclic) bond motifs is 1. The van der Waals surface area contributed by atoms with E-state index in [1.165, 1.54) is 12.8 Å². The maximum Gasteiger partial charge on any atom is 0.240 e. The summed E-state index contributed by atoms with van der Waals surface area (Å²) in [4.78, 5) is 20.6. The van der Waals surface area contributed by atoms with E-state index in [-0.39, 0.29) is 23.9 Å². The molecule has 1 N–H and O–H groups in total. The number of nitrogens with zero attached hydrogens (tertiary/aromatic N) is 2. The standard InChI is InChI=1S/C29H31N3O5S/c33-28(29(12-13-29)22-8-11-26-27(18-22)37-20-36-26)19-23-4-3-5-25(31-23)21-6-9-24(10-7-21)38(34,35)30-14-17-32-15-1-2-16-32/h3-11,18,30H,1-2,12-17,19-20H2. The Morgan fingerprint density at radius 3 is 2.50 bits per heavy atom. The van der Waals surface area contributed by atoms with Crippen molar-refractivity contribution in [3.8, 4) is 22.8 Å². The third-order valence-electron chi connectivity index (χ3n) is 7.74. The lowest BCUT2D eigenvalue weighted by Gasteiger charge is -2.15. The average Bonchev–Trinajstić information content (AvgIpc) is 3.33. The zero-order chi connectivity index (χ0) is 26.2. The molecule has 1 saturated heterocycles. The van der Waals surface area contributed by atoms with Crippen molar-refractivity contribution >= 4 is 15.8 Å². The van der Waals surface area contributed by atoms with Crippen LogP contribution in [0.15, 0.2) is 65.6 Å². The number of hydrogen-bond acceptors (Lipinski definition) is 7. The SMILES string of the molecule is O=C(Cc1cccc(-c2ccc(S(=O)(=O)NCCN3CCCC3)cc2)n1)C1(c2ccc3c(c2)OCO3)CC1. The number of pyridine rings is 1. The van der Waals surface area contributed by atoms with Gasteiger partial charge in [-0.25, -0.2) is 13.1 Å². The molecule has 3 aromatic rings. The van der Waals surface area contributed by atoms with Crippen LogP contribution in [-0.4, -0.2) is 57.1 Å². The van der Waals surface area contributed by atoms with Crippen molar-refractivity contribution in [2.24, 2.45) is 0 Å². The maximum atomic E-state index is 13.4. The zero-order valence-electron chi connectivity index (χ0n) is 21.2. The zero-order valence-corrected chi connectivity index (χ0v) is 22.0. The second-order valence-electron chi connectivity index (χ2n) is 10.2. The van der Waals surface area contributed by atoms with E-state index in [2.05, 4.69) is 9.62 Å². The van der Waals surface area contributed by atoms with E-state index in [4.69, 9.17) is 14.5 Å². The Kier molecular flexibility index (Phi) is 6.67. The molecule has 3 heterocycles. The van der Waals surface area contributed by atoms with Gasteiger partial charge in [0.1, 0.15) is 5.78 Å². The van der Waals surface area contributed by atoms with Crippen molar-refractivity contribution in [3.63, 3.8) is 0 Å². The van der Waals surface area contributed by atoms with Crippen LogP contribution in [0.25, 0.3) is 11.3 Å². The summed E-state index contributed by atoms with van der Waals surface area (Å²) in [7, 11) is -3.57. The topological polar surface area (TPSA) is 97.8 Å². The van der Waals surface area contributed by atoms with Gasteiger partial charge in [-0.05, 0) is 80.7 Å². The van der Waals surface area contributed by atoms with Crippen LogP contribution in [0.1, 0.15) is 36.9 Å². The summed E-state index contributed by atoms with van der Waals surface area (Å²) in [5.41, 5.74) is 2.67. The molecule has 1 aliphatic carbocycles. The molecule has 6 rings (SSSR count). The number of aromatic nitrogens is 1. The fraction of sp³-hybridized carbons (Fsp3) is 0.379. The minimum atomic E-state index is -3.57. The number of sulfonamides is 1.